The monoisotopic (exact) mass is 310 g/mol. The number of thiazole rings is 1. The zero-order valence-corrected chi connectivity index (χ0v) is 12.5. The standard InChI is InChI=1S/C13H14N2O3S2/c1-19-13-15-9-6-5-8(7-10(9)20-13)14-11(16)3-2-4-12(17)18/h5-7H,2-4H2,1H3,(H,14,16)(H,17,18). The van der Waals surface area contributed by atoms with E-state index in [1.165, 1.54) is 0 Å². The minimum atomic E-state index is -0.881. The molecule has 0 unspecified atom stereocenters. The number of aliphatic carboxylic acids is 1. The number of carbonyl (C=O) groups excluding carboxylic acids is 1. The molecule has 0 aliphatic carbocycles. The van der Waals surface area contributed by atoms with Crippen molar-refractivity contribution in [2.45, 2.75) is 23.6 Å². The van der Waals surface area contributed by atoms with Crippen LogP contribution in [0.3, 0.4) is 0 Å². The van der Waals surface area contributed by atoms with E-state index < -0.39 is 5.97 Å². The van der Waals surface area contributed by atoms with Gasteiger partial charge in [-0.25, -0.2) is 4.98 Å². The van der Waals surface area contributed by atoms with Crippen LogP contribution in [0.1, 0.15) is 19.3 Å². The molecule has 2 rings (SSSR count). The lowest BCUT2D eigenvalue weighted by Gasteiger charge is -2.04. The molecule has 0 saturated heterocycles. The Morgan fingerprint density at radius 2 is 2.20 bits per heavy atom. The van der Waals surface area contributed by atoms with Gasteiger partial charge in [0.15, 0.2) is 4.34 Å². The number of thioether (sulfide) groups is 1. The predicted octanol–water partition coefficient (Wildman–Crippen LogP) is 3.21. The third kappa shape index (κ3) is 3.94. The fourth-order valence-electron chi connectivity index (χ4n) is 1.69. The highest BCUT2D eigenvalue weighted by Gasteiger charge is 2.07. The summed E-state index contributed by atoms with van der Waals surface area (Å²) in [6.07, 6.45) is 2.55. The van der Waals surface area contributed by atoms with Gasteiger partial charge in [-0.05, 0) is 30.9 Å². The van der Waals surface area contributed by atoms with Gasteiger partial charge in [-0.15, -0.1) is 11.3 Å². The molecule has 1 amide bonds. The van der Waals surface area contributed by atoms with Gasteiger partial charge in [0.1, 0.15) is 0 Å². The fourth-order valence-corrected chi connectivity index (χ4v) is 3.22. The second-order valence-electron chi connectivity index (χ2n) is 4.16. The van der Waals surface area contributed by atoms with E-state index in [1.807, 2.05) is 18.4 Å². The van der Waals surface area contributed by atoms with Crippen molar-refractivity contribution in [2.24, 2.45) is 0 Å². The number of carbonyl (C=O) groups is 2. The summed E-state index contributed by atoms with van der Waals surface area (Å²) in [6.45, 7) is 0. The van der Waals surface area contributed by atoms with E-state index in [9.17, 15) is 9.59 Å². The van der Waals surface area contributed by atoms with Crippen molar-refractivity contribution in [3.05, 3.63) is 18.2 Å². The van der Waals surface area contributed by atoms with Crippen LogP contribution in [0.4, 0.5) is 5.69 Å². The van der Waals surface area contributed by atoms with Crippen molar-refractivity contribution in [1.82, 2.24) is 4.98 Å². The number of carboxylic acids is 1. The minimum absolute atomic E-state index is 0.0123. The number of hydrogen-bond donors (Lipinski definition) is 2. The van der Waals surface area contributed by atoms with Gasteiger partial charge in [-0.3, -0.25) is 9.59 Å². The third-order valence-corrected chi connectivity index (χ3v) is 4.63. The zero-order chi connectivity index (χ0) is 14.5. The Bertz CT molecular complexity index is 640. The van der Waals surface area contributed by atoms with Crippen LogP contribution in [-0.4, -0.2) is 28.2 Å². The van der Waals surface area contributed by atoms with Gasteiger partial charge in [0.25, 0.3) is 0 Å². The van der Waals surface area contributed by atoms with Gasteiger partial charge in [-0.1, -0.05) is 11.8 Å². The van der Waals surface area contributed by atoms with Crippen LogP contribution >= 0.6 is 23.1 Å². The van der Waals surface area contributed by atoms with E-state index in [1.54, 1.807) is 29.2 Å². The largest absolute Gasteiger partial charge is 0.481 e. The highest BCUT2D eigenvalue weighted by Crippen LogP contribution is 2.29. The molecule has 0 spiro atoms. The molecule has 0 aliphatic heterocycles. The van der Waals surface area contributed by atoms with Crippen molar-refractivity contribution >= 4 is 50.9 Å². The highest BCUT2D eigenvalue weighted by atomic mass is 32.2. The van der Waals surface area contributed by atoms with E-state index in [4.69, 9.17) is 5.11 Å². The van der Waals surface area contributed by atoms with E-state index in [-0.39, 0.29) is 18.7 Å². The first kappa shape index (κ1) is 14.8. The number of nitrogens with zero attached hydrogens (tertiary/aromatic N) is 1. The Balaban J connectivity index is 1.98. The minimum Gasteiger partial charge on any atom is -0.481 e. The molecule has 0 saturated carbocycles. The molecule has 1 aromatic carbocycles. The van der Waals surface area contributed by atoms with E-state index in [0.717, 1.165) is 14.6 Å². The number of aromatic nitrogens is 1. The van der Waals surface area contributed by atoms with Gasteiger partial charge in [0, 0.05) is 18.5 Å². The molecule has 0 fully saturated rings. The summed E-state index contributed by atoms with van der Waals surface area (Å²) in [7, 11) is 0. The molecule has 0 radical (unpaired) electrons. The van der Waals surface area contributed by atoms with Crippen LogP contribution in [0.2, 0.25) is 0 Å². The van der Waals surface area contributed by atoms with Crippen molar-refractivity contribution in [2.75, 3.05) is 11.6 Å². The van der Waals surface area contributed by atoms with Crippen LogP contribution in [-0.2, 0) is 9.59 Å². The van der Waals surface area contributed by atoms with Crippen LogP contribution < -0.4 is 5.32 Å². The van der Waals surface area contributed by atoms with Crippen molar-refractivity contribution in [3.63, 3.8) is 0 Å². The van der Waals surface area contributed by atoms with Gasteiger partial charge < -0.3 is 10.4 Å². The molecule has 1 aromatic heterocycles. The molecule has 2 N–H and O–H groups in total. The third-order valence-electron chi connectivity index (χ3n) is 2.62. The summed E-state index contributed by atoms with van der Waals surface area (Å²) in [5.41, 5.74) is 1.64. The first-order chi connectivity index (χ1) is 9.58. The molecular formula is C13H14N2O3S2. The van der Waals surface area contributed by atoms with E-state index in [2.05, 4.69) is 10.3 Å². The molecule has 0 atom stereocenters. The lowest BCUT2D eigenvalue weighted by Crippen LogP contribution is -2.11. The molecule has 2 aromatic rings. The number of fused-ring (bicyclic) bond motifs is 1. The van der Waals surface area contributed by atoms with Crippen LogP contribution in [0.25, 0.3) is 10.2 Å². The fraction of sp³-hybridized carbons (Fsp3) is 0.308. The quantitative estimate of drug-likeness (QED) is 0.801. The lowest BCUT2D eigenvalue weighted by molar-refractivity contribution is -0.137. The number of nitrogens with one attached hydrogen (secondary N) is 1. The summed E-state index contributed by atoms with van der Waals surface area (Å²) in [6, 6.07) is 5.57. The molecule has 1 heterocycles. The maximum atomic E-state index is 11.7. The van der Waals surface area contributed by atoms with E-state index >= 15 is 0 Å². The first-order valence-electron chi connectivity index (χ1n) is 6.04. The highest BCUT2D eigenvalue weighted by molar-refractivity contribution is 8.00. The smallest absolute Gasteiger partial charge is 0.303 e. The second-order valence-corrected chi connectivity index (χ2v) is 6.25. The molecule has 5 nitrogen and oxygen atoms in total. The summed E-state index contributed by atoms with van der Waals surface area (Å²) < 4.78 is 2.02. The maximum absolute atomic E-state index is 11.7. The molecule has 106 valence electrons. The van der Waals surface area contributed by atoms with Crippen LogP contribution in [0, 0.1) is 0 Å². The van der Waals surface area contributed by atoms with Crippen LogP contribution in [0.5, 0.6) is 0 Å². The molecule has 7 heteroatoms. The Hall–Kier alpha value is -1.60. The summed E-state index contributed by atoms with van der Waals surface area (Å²) in [5.74, 6) is -1.05. The van der Waals surface area contributed by atoms with Crippen molar-refractivity contribution < 1.29 is 14.7 Å². The average Bonchev–Trinajstić information content (AvgIpc) is 2.80. The number of rotatable bonds is 6. The molecule has 0 bridgehead atoms. The van der Waals surface area contributed by atoms with Gasteiger partial charge in [0.05, 0.1) is 10.2 Å². The Morgan fingerprint density at radius 1 is 1.40 bits per heavy atom. The first-order valence-corrected chi connectivity index (χ1v) is 8.09. The second kappa shape index (κ2) is 6.71. The van der Waals surface area contributed by atoms with Gasteiger partial charge in [0.2, 0.25) is 5.91 Å². The van der Waals surface area contributed by atoms with Gasteiger partial charge >= 0.3 is 5.97 Å². The Morgan fingerprint density at radius 3 is 2.90 bits per heavy atom. The Kier molecular flexibility index (Phi) is 4.97. The molecule has 0 aliphatic rings. The number of hydrogen-bond acceptors (Lipinski definition) is 5. The van der Waals surface area contributed by atoms with E-state index in [0.29, 0.717) is 12.1 Å². The molecule has 20 heavy (non-hydrogen) atoms. The normalized spacial score (nSPS) is 10.7. The summed E-state index contributed by atoms with van der Waals surface area (Å²) in [4.78, 5) is 26.5. The zero-order valence-electron chi connectivity index (χ0n) is 10.9. The summed E-state index contributed by atoms with van der Waals surface area (Å²) in [5, 5.41) is 11.3. The van der Waals surface area contributed by atoms with Crippen molar-refractivity contribution in [1.29, 1.82) is 0 Å². The Labute approximate surface area is 124 Å². The number of anilines is 1. The maximum Gasteiger partial charge on any atom is 0.303 e. The number of benzene rings is 1. The average molecular weight is 310 g/mol. The van der Waals surface area contributed by atoms with Crippen LogP contribution in [0.15, 0.2) is 22.5 Å². The lowest BCUT2D eigenvalue weighted by atomic mass is 10.2. The SMILES string of the molecule is CSc1nc2ccc(NC(=O)CCCC(=O)O)cc2s1. The predicted molar refractivity (Wildman–Crippen MR) is 81.5 cm³/mol. The van der Waals surface area contributed by atoms with Gasteiger partial charge in [-0.2, -0.15) is 0 Å². The van der Waals surface area contributed by atoms with Crippen molar-refractivity contribution in [3.8, 4) is 0 Å². The summed E-state index contributed by atoms with van der Waals surface area (Å²) >= 11 is 3.18. The number of carboxylic acid groups (broad SMARTS) is 1. The molecular weight excluding hydrogens is 296 g/mol. The topological polar surface area (TPSA) is 79.3 Å². The number of amides is 1.